The summed E-state index contributed by atoms with van der Waals surface area (Å²) in [5, 5.41) is 0. The number of carbonyl (C=O) groups excluding carboxylic acids is 1. The van der Waals surface area contributed by atoms with E-state index < -0.39 is 0 Å². The standard InChI is InChI=1S/C15H22N4O/c1-2-12-11-13(14(20)18-7-3-4-8-18)17-15(16-12)19-9-5-6-10-19/h11H,2-10H2,1H3. The van der Waals surface area contributed by atoms with Crippen molar-refractivity contribution in [3.8, 4) is 0 Å². The number of aryl methyl sites for hydroxylation is 1. The smallest absolute Gasteiger partial charge is 0.272 e. The number of rotatable bonds is 3. The zero-order valence-electron chi connectivity index (χ0n) is 12.1. The Morgan fingerprint density at radius 3 is 2.40 bits per heavy atom. The molecule has 2 saturated heterocycles. The largest absolute Gasteiger partial charge is 0.341 e. The molecule has 0 N–H and O–H groups in total. The molecule has 0 saturated carbocycles. The van der Waals surface area contributed by atoms with Crippen molar-refractivity contribution in [2.75, 3.05) is 31.1 Å². The molecule has 0 spiro atoms. The lowest BCUT2D eigenvalue weighted by atomic mass is 10.2. The van der Waals surface area contributed by atoms with Crippen LogP contribution in [0.25, 0.3) is 0 Å². The maximum atomic E-state index is 12.5. The first kappa shape index (κ1) is 13.3. The van der Waals surface area contributed by atoms with Crippen molar-refractivity contribution in [3.05, 3.63) is 17.5 Å². The third-order valence-electron chi connectivity index (χ3n) is 4.13. The van der Waals surface area contributed by atoms with Crippen LogP contribution in [-0.4, -0.2) is 47.0 Å². The summed E-state index contributed by atoms with van der Waals surface area (Å²) in [6.07, 6.45) is 5.43. The molecule has 3 rings (SSSR count). The molecule has 0 atom stereocenters. The third-order valence-corrected chi connectivity index (χ3v) is 4.13. The summed E-state index contributed by atoms with van der Waals surface area (Å²) >= 11 is 0. The van der Waals surface area contributed by atoms with E-state index in [0.717, 1.165) is 57.1 Å². The van der Waals surface area contributed by atoms with Gasteiger partial charge in [0.15, 0.2) is 0 Å². The predicted molar refractivity (Wildman–Crippen MR) is 78.0 cm³/mol. The Hall–Kier alpha value is -1.65. The summed E-state index contributed by atoms with van der Waals surface area (Å²) in [5.74, 6) is 0.810. The van der Waals surface area contributed by atoms with Crippen molar-refractivity contribution in [2.24, 2.45) is 0 Å². The summed E-state index contributed by atoms with van der Waals surface area (Å²) in [7, 11) is 0. The number of anilines is 1. The second-order valence-electron chi connectivity index (χ2n) is 5.59. The fourth-order valence-corrected chi connectivity index (χ4v) is 2.91. The molecule has 2 aliphatic rings. The van der Waals surface area contributed by atoms with E-state index >= 15 is 0 Å². The Labute approximate surface area is 120 Å². The highest BCUT2D eigenvalue weighted by molar-refractivity contribution is 5.92. The lowest BCUT2D eigenvalue weighted by Crippen LogP contribution is -2.30. The van der Waals surface area contributed by atoms with Crippen LogP contribution in [0.1, 0.15) is 48.8 Å². The minimum Gasteiger partial charge on any atom is -0.341 e. The number of amides is 1. The van der Waals surface area contributed by atoms with Gasteiger partial charge < -0.3 is 9.80 Å². The second-order valence-corrected chi connectivity index (χ2v) is 5.59. The Balaban J connectivity index is 1.88. The highest BCUT2D eigenvalue weighted by Gasteiger charge is 2.23. The minimum atomic E-state index is 0.0695. The maximum absolute atomic E-state index is 12.5. The molecule has 2 aliphatic heterocycles. The van der Waals surface area contributed by atoms with Crippen molar-refractivity contribution in [1.82, 2.24) is 14.9 Å². The van der Waals surface area contributed by atoms with Crippen LogP contribution < -0.4 is 4.90 Å². The fraction of sp³-hybridized carbons (Fsp3) is 0.667. The molecule has 0 radical (unpaired) electrons. The maximum Gasteiger partial charge on any atom is 0.272 e. The Morgan fingerprint density at radius 2 is 1.75 bits per heavy atom. The van der Waals surface area contributed by atoms with Crippen LogP contribution in [0.2, 0.25) is 0 Å². The summed E-state index contributed by atoms with van der Waals surface area (Å²) in [6, 6.07) is 1.86. The van der Waals surface area contributed by atoms with E-state index in [2.05, 4.69) is 21.8 Å². The molecule has 1 aromatic heterocycles. The molecule has 5 heteroatoms. The van der Waals surface area contributed by atoms with Crippen LogP contribution in [0.3, 0.4) is 0 Å². The van der Waals surface area contributed by atoms with Crippen LogP contribution in [0.5, 0.6) is 0 Å². The molecule has 3 heterocycles. The highest BCUT2D eigenvalue weighted by Crippen LogP contribution is 2.19. The average molecular weight is 274 g/mol. The predicted octanol–water partition coefficient (Wildman–Crippen LogP) is 1.88. The molecular weight excluding hydrogens is 252 g/mol. The number of nitrogens with zero attached hydrogens (tertiary/aromatic N) is 4. The van der Waals surface area contributed by atoms with Gasteiger partial charge in [0.25, 0.3) is 5.91 Å². The SMILES string of the molecule is CCc1cc(C(=O)N2CCCC2)nc(N2CCCC2)n1. The molecule has 5 nitrogen and oxygen atoms in total. The van der Waals surface area contributed by atoms with Gasteiger partial charge in [0, 0.05) is 31.9 Å². The zero-order chi connectivity index (χ0) is 13.9. The first-order valence-corrected chi connectivity index (χ1v) is 7.70. The van der Waals surface area contributed by atoms with Crippen LogP contribution in [0.4, 0.5) is 5.95 Å². The molecule has 0 aliphatic carbocycles. The van der Waals surface area contributed by atoms with Gasteiger partial charge in [0.2, 0.25) is 5.95 Å². The Morgan fingerprint density at radius 1 is 1.10 bits per heavy atom. The summed E-state index contributed by atoms with van der Waals surface area (Å²) in [6.45, 7) is 5.81. The van der Waals surface area contributed by atoms with Crippen LogP contribution >= 0.6 is 0 Å². The quantitative estimate of drug-likeness (QED) is 0.844. The molecule has 1 amide bonds. The normalized spacial score (nSPS) is 18.9. The zero-order valence-corrected chi connectivity index (χ0v) is 12.1. The van der Waals surface area contributed by atoms with Crippen molar-refractivity contribution in [3.63, 3.8) is 0 Å². The molecule has 0 unspecified atom stereocenters. The summed E-state index contributed by atoms with van der Waals surface area (Å²) in [5.41, 5.74) is 1.53. The number of carbonyl (C=O) groups is 1. The molecule has 0 bridgehead atoms. The topological polar surface area (TPSA) is 49.3 Å². The lowest BCUT2D eigenvalue weighted by Gasteiger charge is -2.19. The van der Waals surface area contributed by atoms with Gasteiger partial charge in [0.05, 0.1) is 0 Å². The average Bonchev–Trinajstić information content (AvgIpc) is 3.18. The summed E-state index contributed by atoms with van der Waals surface area (Å²) in [4.78, 5) is 25.7. The lowest BCUT2D eigenvalue weighted by molar-refractivity contribution is 0.0787. The molecule has 108 valence electrons. The van der Waals surface area contributed by atoms with Crippen molar-refractivity contribution >= 4 is 11.9 Å². The summed E-state index contributed by atoms with van der Waals surface area (Å²) < 4.78 is 0. The first-order chi connectivity index (χ1) is 9.78. The van der Waals surface area contributed by atoms with E-state index in [1.54, 1.807) is 0 Å². The minimum absolute atomic E-state index is 0.0695. The van der Waals surface area contributed by atoms with Gasteiger partial charge in [-0.25, -0.2) is 9.97 Å². The molecule has 1 aromatic rings. The first-order valence-electron chi connectivity index (χ1n) is 7.70. The molecular formula is C15H22N4O. The van der Waals surface area contributed by atoms with E-state index in [-0.39, 0.29) is 5.91 Å². The van der Waals surface area contributed by atoms with Gasteiger partial charge >= 0.3 is 0 Å². The van der Waals surface area contributed by atoms with Gasteiger partial charge in [-0.3, -0.25) is 4.79 Å². The number of aromatic nitrogens is 2. The van der Waals surface area contributed by atoms with E-state index in [1.165, 1.54) is 12.8 Å². The monoisotopic (exact) mass is 274 g/mol. The number of likely N-dealkylation sites (tertiary alicyclic amines) is 1. The van der Waals surface area contributed by atoms with Gasteiger partial charge in [-0.1, -0.05) is 6.92 Å². The van der Waals surface area contributed by atoms with Crippen molar-refractivity contribution in [2.45, 2.75) is 39.0 Å². The third kappa shape index (κ3) is 2.62. The van der Waals surface area contributed by atoms with Gasteiger partial charge in [-0.2, -0.15) is 0 Å². The Kier molecular flexibility index (Phi) is 3.85. The second kappa shape index (κ2) is 5.77. The Bertz CT molecular complexity index is 491. The van der Waals surface area contributed by atoms with Crippen LogP contribution in [-0.2, 0) is 6.42 Å². The van der Waals surface area contributed by atoms with E-state index in [4.69, 9.17) is 0 Å². The van der Waals surface area contributed by atoms with Gasteiger partial charge in [0.1, 0.15) is 5.69 Å². The molecule has 20 heavy (non-hydrogen) atoms. The van der Waals surface area contributed by atoms with Crippen molar-refractivity contribution in [1.29, 1.82) is 0 Å². The highest BCUT2D eigenvalue weighted by atomic mass is 16.2. The van der Waals surface area contributed by atoms with Crippen molar-refractivity contribution < 1.29 is 4.79 Å². The van der Waals surface area contributed by atoms with E-state index in [9.17, 15) is 4.79 Å². The van der Waals surface area contributed by atoms with Crippen LogP contribution in [0.15, 0.2) is 6.07 Å². The van der Waals surface area contributed by atoms with Gasteiger partial charge in [-0.05, 0) is 38.2 Å². The fourth-order valence-electron chi connectivity index (χ4n) is 2.91. The number of hydrogen-bond donors (Lipinski definition) is 0. The van der Waals surface area contributed by atoms with Crippen LogP contribution in [0, 0.1) is 0 Å². The number of hydrogen-bond acceptors (Lipinski definition) is 4. The molecule has 0 aromatic carbocycles. The van der Waals surface area contributed by atoms with E-state index in [1.807, 2.05) is 11.0 Å². The van der Waals surface area contributed by atoms with E-state index in [0.29, 0.717) is 5.69 Å². The van der Waals surface area contributed by atoms with Gasteiger partial charge in [-0.15, -0.1) is 0 Å². The molecule has 2 fully saturated rings.